The second kappa shape index (κ2) is 7.33. The van der Waals surface area contributed by atoms with Crippen LogP contribution in [0.25, 0.3) is 0 Å². The highest BCUT2D eigenvalue weighted by atomic mass is 35.5. The smallest absolute Gasteiger partial charge is 0.0661 e. The molecule has 1 aromatic carbocycles. The highest BCUT2D eigenvalue weighted by Crippen LogP contribution is 2.34. The van der Waals surface area contributed by atoms with E-state index in [1.165, 1.54) is 32.1 Å². The predicted octanol–water partition coefficient (Wildman–Crippen LogP) is 4.86. The summed E-state index contributed by atoms with van der Waals surface area (Å²) in [5, 5.41) is 14.2. The van der Waals surface area contributed by atoms with E-state index in [-0.39, 0.29) is 12.1 Å². The molecule has 1 aliphatic carbocycles. The summed E-state index contributed by atoms with van der Waals surface area (Å²) in [5.74, 6) is 0.834. The van der Waals surface area contributed by atoms with Gasteiger partial charge in [0.25, 0.3) is 0 Å². The van der Waals surface area contributed by atoms with Gasteiger partial charge >= 0.3 is 0 Å². The van der Waals surface area contributed by atoms with Crippen LogP contribution in [-0.4, -0.2) is 17.3 Å². The molecule has 1 fully saturated rings. The summed E-state index contributed by atoms with van der Waals surface area (Å²) < 4.78 is 0. The van der Waals surface area contributed by atoms with Gasteiger partial charge in [-0.3, -0.25) is 0 Å². The van der Waals surface area contributed by atoms with Crippen molar-refractivity contribution in [2.24, 2.45) is 5.92 Å². The van der Waals surface area contributed by atoms with Gasteiger partial charge in [0.15, 0.2) is 0 Å². The molecule has 0 radical (unpaired) electrons. The SMILES string of the molecule is CCCC1CCCC(CO)(Nc2ccc(Cl)cc2)CC1. The molecule has 1 aliphatic rings. The maximum atomic E-state index is 9.91. The maximum Gasteiger partial charge on any atom is 0.0661 e. The molecular weight excluding hydrogens is 270 g/mol. The Kier molecular flexibility index (Phi) is 5.74. The van der Waals surface area contributed by atoms with Crippen LogP contribution in [0.4, 0.5) is 5.69 Å². The minimum atomic E-state index is -0.156. The third-order valence-electron chi connectivity index (χ3n) is 4.55. The van der Waals surface area contributed by atoms with Crippen LogP contribution in [0.5, 0.6) is 0 Å². The van der Waals surface area contributed by atoms with E-state index in [1.54, 1.807) is 0 Å². The van der Waals surface area contributed by atoms with Gasteiger partial charge in [-0.2, -0.15) is 0 Å². The van der Waals surface area contributed by atoms with Gasteiger partial charge in [-0.15, -0.1) is 0 Å². The lowest BCUT2D eigenvalue weighted by Gasteiger charge is -2.33. The number of benzene rings is 1. The van der Waals surface area contributed by atoms with Crippen molar-refractivity contribution in [3.8, 4) is 0 Å². The molecule has 0 amide bonds. The number of aliphatic hydroxyl groups is 1. The molecule has 0 spiro atoms. The second-order valence-electron chi connectivity index (χ2n) is 6.16. The zero-order valence-electron chi connectivity index (χ0n) is 12.4. The van der Waals surface area contributed by atoms with Crippen LogP contribution in [0.15, 0.2) is 24.3 Å². The summed E-state index contributed by atoms with van der Waals surface area (Å²) in [4.78, 5) is 0. The van der Waals surface area contributed by atoms with E-state index in [1.807, 2.05) is 24.3 Å². The Balaban J connectivity index is 2.03. The Hall–Kier alpha value is -0.730. The van der Waals surface area contributed by atoms with Crippen molar-refractivity contribution < 1.29 is 5.11 Å². The molecule has 0 saturated heterocycles. The highest BCUT2D eigenvalue weighted by molar-refractivity contribution is 6.30. The number of rotatable bonds is 5. The predicted molar refractivity (Wildman–Crippen MR) is 86.4 cm³/mol. The Morgan fingerprint density at radius 3 is 2.65 bits per heavy atom. The molecule has 112 valence electrons. The molecule has 2 rings (SSSR count). The van der Waals surface area contributed by atoms with E-state index in [0.29, 0.717) is 0 Å². The largest absolute Gasteiger partial charge is 0.394 e. The number of nitrogens with one attached hydrogen (secondary N) is 1. The zero-order valence-corrected chi connectivity index (χ0v) is 13.1. The fraction of sp³-hybridized carbons (Fsp3) is 0.647. The third kappa shape index (κ3) is 4.13. The van der Waals surface area contributed by atoms with Crippen LogP contribution in [0.1, 0.15) is 51.9 Å². The maximum absolute atomic E-state index is 9.91. The standard InChI is InChI=1S/C17H26ClNO/c1-2-4-14-5-3-11-17(13-20,12-10-14)19-16-8-6-15(18)7-9-16/h6-9,14,19-20H,2-5,10-13H2,1H3. The van der Waals surface area contributed by atoms with Crippen LogP contribution in [-0.2, 0) is 0 Å². The summed E-state index contributed by atoms with van der Waals surface area (Å²) >= 11 is 5.93. The van der Waals surface area contributed by atoms with E-state index < -0.39 is 0 Å². The van der Waals surface area contributed by atoms with Crippen molar-refractivity contribution in [2.75, 3.05) is 11.9 Å². The Morgan fingerprint density at radius 2 is 2.00 bits per heavy atom. The van der Waals surface area contributed by atoms with Crippen molar-refractivity contribution >= 4 is 17.3 Å². The first-order chi connectivity index (χ1) is 9.67. The number of aliphatic hydroxyl groups excluding tert-OH is 1. The first-order valence-electron chi connectivity index (χ1n) is 7.82. The summed E-state index contributed by atoms with van der Waals surface area (Å²) in [5.41, 5.74) is 0.897. The van der Waals surface area contributed by atoms with Crippen molar-refractivity contribution in [3.05, 3.63) is 29.3 Å². The summed E-state index contributed by atoms with van der Waals surface area (Å²) in [6.45, 7) is 2.46. The van der Waals surface area contributed by atoms with E-state index in [4.69, 9.17) is 11.6 Å². The van der Waals surface area contributed by atoms with Crippen LogP contribution in [0, 0.1) is 5.92 Å². The summed E-state index contributed by atoms with van der Waals surface area (Å²) in [6, 6.07) is 7.78. The lowest BCUT2D eigenvalue weighted by molar-refractivity contribution is 0.194. The molecule has 2 N–H and O–H groups in total. The third-order valence-corrected chi connectivity index (χ3v) is 4.80. The molecule has 0 bridgehead atoms. The average molecular weight is 296 g/mol. The second-order valence-corrected chi connectivity index (χ2v) is 6.59. The molecule has 20 heavy (non-hydrogen) atoms. The number of hydrogen-bond acceptors (Lipinski definition) is 2. The fourth-order valence-corrected chi connectivity index (χ4v) is 3.46. The molecule has 2 nitrogen and oxygen atoms in total. The van der Waals surface area contributed by atoms with Gasteiger partial charge in [0.2, 0.25) is 0 Å². The number of anilines is 1. The average Bonchev–Trinajstić information content (AvgIpc) is 2.66. The van der Waals surface area contributed by atoms with Crippen LogP contribution < -0.4 is 5.32 Å². The molecular formula is C17H26ClNO. The summed E-state index contributed by atoms with van der Waals surface area (Å²) in [6.07, 6.45) is 8.41. The van der Waals surface area contributed by atoms with Gasteiger partial charge in [-0.25, -0.2) is 0 Å². The van der Waals surface area contributed by atoms with Crippen molar-refractivity contribution in [3.63, 3.8) is 0 Å². The molecule has 3 heteroatoms. The zero-order chi connectivity index (χ0) is 14.4. The normalized spacial score (nSPS) is 27.1. The topological polar surface area (TPSA) is 32.3 Å². The van der Waals surface area contributed by atoms with Crippen LogP contribution in [0.2, 0.25) is 5.02 Å². The number of hydrogen-bond donors (Lipinski definition) is 2. The first-order valence-corrected chi connectivity index (χ1v) is 8.20. The monoisotopic (exact) mass is 295 g/mol. The van der Waals surface area contributed by atoms with Crippen LogP contribution in [0.3, 0.4) is 0 Å². The molecule has 0 aliphatic heterocycles. The lowest BCUT2D eigenvalue weighted by atomic mass is 9.89. The molecule has 0 heterocycles. The van der Waals surface area contributed by atoms with Crippen molar-refractivity contribution in [2.45, 2.75) is 57.4 Å². The minimum absolute atomic E-state index is 0.156. The van der Waals surface area contributed by atoms with Gasteiger partial charge in [0, 0.05) is 10.7 Å². The minimum Gasteiger partial charge on any atom is -0.394 e. The molecule has 0 aromatic heterocycles. The molecule has 2 unspecified atom stereocenters. The van der Waals surface area contributed by atoms with Crippen LogP contribution >= 0.6 is 11.6 Å². The van der Waals surface area contributed by atoms with E-state index in [2.05, 4.69) is 12.2 Å². The van der Waals surface area contributed by atoms with Gasteiger partial charge in [-0.05, 0) is 49.4 Å². The van der Waals surface area contributed by atoms with Gasteiger partial charge < -0.3 is 10.4 Å². The molecule has 1 saturated carbocycles. The van der Waals surface area contributed by atoms with Crippen molar-refractivity contribution in [1.29, 1.82) is 0 Å². The van der Waals surface area contributed by atoms with Gasteiger partial charge in [0.05, 0.1) is 12.1 Å². The molecule has 2 atom stereocenters. The Morgan fingerprint density at radius 1 is 1.25 bits per heavy atom. The highest BCUT2D eigenvalue weighted by Gasteiger charge is 2.32. The Labute approximate surface area is 127 Å². The quantitative estimate of drug-likeness (QED) is 0.760. The molecule has 1 aromatic rings. The van der Waals surface area contributed by atoms with Gasteiger partial charge in [-0.1, -0.05) is 44.2 Å². The van der Waals surface area contributed by atoms with E-state index >= 15 is 0 Å². The van der Waals surface area contributed by atoms with Crippen molar-refractivity contribution in [1.82, 2.24) is 0 Å². The lowest BCUT2D eigenvalue weighted by Crippen LogP contribution is -2.41. The Bertz CT molecular complexity index is 406. The first kappa shape index (κ1) is 15.7. The number of halogens is 1. The summed E-state index contributed by atoms with van der Waals surface area (Å²) in [7, 11) is 0. The fourth-order valence-electron chi connectivity index (χ4n) is 3.34. The van der Waals surface area contributed by atoms with Gasteiger partial charge in [0.1, 0.15) is 0 Å². The van der Waals surface area contributed by atoms with E-state index in [9.17, 15) is 5.11 Å². The van der Waals surface area contributed by atoms with E-state index in [0.717, 1.165) is 29.5 Å².